The maximum absolute atomic E-state index is 2.38. The van der Waals surface area contributed by atoms with Gasteiger partial charge in [-0.15, -0.1) is 0 Å². The smallest absolute Gasteiger partial charge is 0.0268 e. The number of aromatic nitrogens is 1. The van der Waals surface area contributed by atoms with Crippen molar-refractivity contribution in [1.29, 1.82) is 0 Å². The summed E-state index contributed by atoms with van der Waals surface area (Å²) < 4.78 is 2.38. The summed E-state index contributed by atoms with van der Waals surface area (Å²) in [6.45, 7) is 2.26. The largest absolute Gasteiger partial charge is 0.329 e. The van der Waals surface area contributed by atoms with Crippen LogP contribution in [0.15, 0.2) is 54.9 Å². The molecular formula is C14H18NP. The van der Waals surface area contributed by atoms with E-state index in [-0.39, 0.29) is 8.07 Å². The molecule has 0 radical (unpaired) electrons. The van der Waals surface area contributed by atoms with E-state index in [9.17, 15) is 0 Å². The van der Waals surface area contributed by atoms with Crippen LogP contribution in [0.2, 0.25) is 0 Å². The molecule has 0 amide bonds. The van der Waals surface area contributed by atoms with Crippen molar-refractivity contribution < 1.29 is 0 Å². The van der Waals surface area contributed by atoms with Crippen molar-refractivity contribution in [3.8, 4) is 0 Å². The highest BCUT2D eigenvalue weighted by Gasteiger charge is 2.10. The molecule has 16 heavy (non-hydrogen) atoms. The van der Waals surface area contributed by atoms with E-state index in [4.69, 9.17) is 0 Å². The van der Waals surface area contributed by atoms with Crippen molar-refractivity contribution in [2.45, 2.75) is 19.8 Å². The summed E-state index contributed by atoms with van der Waals surface area (Å²) in [7, 11) is -0.203. The van der Waals surface area contributed by atoms with Gasteiger partial charge in [-0.05, 0) is 30.0 Å². The summed E-state index contributed by atoms with van der Waals surface area (Å²) in [5, 5.41) is 1.47. The van der Waals surface area contributed by atoms with Gasteiger partial charge >= 0.3 is 0 Å². The molecule has 0 aliphatic carbocycles. The third kappa shape index (κ3) is 2.74. The standard InChI is InChI=1S/C14H18NP/c1-2-3-13-16(15-11-7-8-12-15)14-9-5-4-6-10-14/h4-12H,2-3,13H2,1H3. The Morgan fingerprint density at radius 2 is 1.69 bits per heavy atom. The summed E-state index contributed by atoms with van der Waals surface area (Å²) in [4.78, 5) is 0. The van der Waals surface area contributed by atoms with Crippen LogP contribution >= 0.6 is 8.07 Å². The zero-order valence-corrected chi connectivity index (χ0v) is 10.6. The molecule has 0 fully saturated rings. The van der Waals surface area contributed by atoms with Gasteiger partial charge in [0.2, 0.25) is 0 Å². The summed E-state index contributed by atoms with van der Waals surface area (Å²) in [5.41, 5.74) is 0. The fraction of sp³-hybridized carbons (Fsp3) is 0.286. The second-order valence-corrected chi connectivity index (χ2v) is 6.10. The fourth-order valence-electron chi connectivity index (χ4n) is 1.77. The van der Waals surface area contributed by atoms with E-state index >= 15 is 0 Å². The lowest BCUT2D eigenvalue weighted by Crippen LogP contribution is -2.08. The molecule has 0 spiro atoms. The first-order chi connectivity index (χ1) is 7.92. The Bertz CT molecular complexity index is 394. The topological polar surface area (TPSA) is 4.93 Å². The monoisotopic (exact) mass is 231 g/mol. The van der Waals surface area contributed by atoms with Crippen LogP contribution < -0.4 is 5.30 Å². The van der Waals surface area contributed by atoms with Gasteiger partial charge in [-0.3, -0.25) is 0 Å². The maximum Gasteiger partial charge on any atom is 0.0268 e. The molecule has 1 atom stereocenters. The molecule has 1 aromatic carbocycles. The molecule has 84 valence electrons. The van der Waals surface area contributed by atoms with E-state index in [1.54, 1.807) is 0 Å². The van der Waals surface area contributed by atoms with E-state index < -0.39 is 0 Å². The lowest BCUT2D eigenvalue weighted by Gasteiger charge is -2.19. The number of hydrogen-bond donors (Lipinski definition) is 0. The average molecular weight is 231 g/mol. The molecule has 0 N–H and O–H groups in total. The summed E-state index contributed by atoms with van der Waals surface area (Å²) >= 11 is 0. The second-order valence-electron chi connectivity index (χ2n) is 3.88. The Hall–Kier alpha value is -1.07. The highest BCUT2D eigenvalue weighted by molar-refractivity contribution is 7.64. The van der Waals surface area contributed by atoms with Gasteiger partial charge in [0.1, 0.15) is 0 Å². The van der Waals surface area contributed by atoms with Crippen LogP contribution in [0.1, 0.15) is 19.8 Å². The fourth-order valence-corrected chi connectivity index (χ4v) is 4.14. The van der Waals surface area contributed by atoms with Crippen molar-refractivity contribution in [2.24, 2.45) is 0 Å². The van der Waals surface area contributed by atoms with Gasteiger partial charge in [0.25, 0.3) is 0 Å². The average Bonchev–Trinajstić information content (AvgIpc) is 2.85. The van der Waals surface area contributed by atoms with Crippen molar-refractivity contribution >= 4 is 13.4 Å². The van der Waals surface area contributed by atoms with Crippen LogP contribution in [-0.4, -0.2) is 10.5 Å². The number of hydrogen-bond acceptors (Lipinski definition) is 0. The van der Waals surface area contributed by atoms with Gasteiger partial charge in [-0.1, -0.05) is 43.7 Å². The highest BCUT2D eigenvalue weighted by Crippen LogP contribution is 2.37. The molecule has 2 aromatic rings. The summed E-state index contributed by atoms with van der Waals surface area (Å²) in [6.07, 6.45) is 8.24. The predicted octanol–water partition coefficient (Wildman–Crippen LogP) is 3.86. The van der Waals surface area contributed by atoms with Crippen LogP contribution in [-0.2, 0) is 0 Å². The van der Waals surface area contributed by atoms with Crippen molar-refractivity contribution in [3.05, 3.63) is 54.9 Å². The molecule has 1 nitrogen and oxygen atoms in total. The molecule has 2 rings (SSSR count). The molecule has 2 heteroatoms. The van der Waals surface area contributed by atoms with E-state index in [0.29, 0.717) is 0 Å². The molecule has 0 aliphatic rings. The van der Waals surface area contributed by atoms with Crippen molar-refractivity contribution in [2.75, 3.05) is 6.16 Å². The molecule has 0 bridgehead atoms. The number of nitrogens with zero attached hydrogens (tertiary/aromatic N) is 1. The van der Waals surface area contributed by atoms with Crippen LogP contribution in [0.4, 0.5) is 0 Å². The predicted molar refractivity (Wildman–Crippen MR) is 72.6 cm³/mol. The van der Waals surface area contributed by atoms with Gasteiger partial charge in [0.15, 0.2) is 0 Å². The number of unbranched alkanes of at least 4 members (excludes halogenated alkanes) is 1. The van der Waals surface area contributed by atoms with Crippen LogP contribution in [0.5, 0.6) is 0 Å². The van der Waals surface area contributed by atoms with Crippen LogP contribution in [0.25, 0.3) is 0 Å². The van der Waals surface area contributed by atoms with E-state index in [1.165, 1.54) is 24.3 Å². The van der Waals surface area contributed by atoms with Gasteiger partial charge in [-0.25, -0.2) is 0 Å². The Morgan fingerprint density at radius 1 is 1.00 bits per heavy atom. The molecule has 0 aliphatic heterocycles. The SMILES string of the molecule is CCCCP(c1ccccc1)n1cccc1. The quantitative estimate of drug-likeness (QED) is 0.689. The second kappa shape index (κ2) is 5.86. The number of benzene rings is 1. The third-order valence-corrected chi connectivity index (χ3v) is 5.10. The third-order valence-electron chi connectivity index (χ3n) is 2.65. The Kier molecular flexibility index (Phi) is 4.18. The molecule has 0 saturated heterocycles. The highest BCUT2D eigenvalue weighted by atomic mass is 31.1. The zero-order chi connectivity index (χ0) is 11.2. The van der Waals surface area contributed by atoms with Gasteiger partial charge in [0, 0.05) is 20.5 Å². The first kappa shape index (κ1) is 11.4. The molecular weight excluding hydrogens is 213 g/mol. The lowest BCUT2D eigenvalue weighted by molar-refractivity contribution is 0.888. The molecule has 1 unspecified atom stereocenters. The molecule has 1 heterocycles. The lowest BCUT2D eigenvalue weighted by atomic mass is 10.4. The zero-order valence-electron chi connectivity index (χ0n) is 9.71. The van der Waals surface area contributed by atoms with Gasteiger partial charge in [0.05, 0.1) is 0 Å². The molecule has 1 aromatic heterocycles. The minimum Gasteiger partial charge on any atom is -0.329 e. The summed E-state index contributed by atoms with van der Waals surface area (Å²) in [6, 6.07) is 15.1. The van der Waals surface area contributed by atoms with Gasteiger partial charge in [-0.2, -0.15) is 0 Å². The van der Waals surface area contributed by atoms with Crippen molar-refractivity contribution in [1.82, 2.24) is 4.34 Å². The number of rotatable bonds is 5. The first-order valence-electron chi connectivity index (χ1n) is 5.87. The Morgan fingerprint density at radius 3 is 2.31 bits per heavy atom. The van der Waals surface area contributed by atoms with Crippen LogP contribution in [0.3, 0.4) is 0 Å². The molecule has 0 saturated carbocycles. The van der Waals surface area contributed by atoms with E-state index in [2.05, 4.69) is 66.1 Å². The summed E-state index contributed by atoms with van der Waals surface area (Å²) in [5.74, 6) is 0. The normalized spacial score (nSPS) is 12.6. The van der Waals surface area contributed by atoms with Crippen molar-refractivity contribution in [3.63, 3.8) is 0 Å². The Labute approximate surface area is 98.9 Å². The van der Waals surface area contributed by atoms with E-state index in [0.717, 1.165) is 0 Å². The maximum atomic E-state index is 2.38. The minimum atomic E-state index is -0.203. The minimum absolute atomic E-state index is 0.203. The van der Waals surface area contributed by atoms with Crippen LogP contribution in [0, 0.1) is 0 Å². The van der Waals surface area contributed by atoms with Gasteiger partial charge < -0.3 is 4.34 Å². The van der Waals surface area contributed by atoms with E-state index in [1.807, 2.05) is 0 Å². The first-order valence-corrected chi connectivity index (χ1v) is 7.35. The Balaban J connectivity index is 2.21.